The lowest BCUT2D eigenvalue weighted by Gasteiger charge is -2.42. The first-order valence-corrected chi connectivity index (χ1v) is 12.4. The van der Waals surface area contributed by atoms with Crippen molar-refractivity contribution in [2.45, 2.75) is 24.8 Å². The van der Waals surface area contributed by atoms with Crippen molar-refractivity contribution in [3.8, 4) is 0 Å². The molecular weight excluding hydrogens is 457 g/mol. The predicted molar refractivity (Wildman–Crippen MR) is 131 cm³/mol. The van der Waals surface area contributed by atoms with Crippen molar-refractivity contribution in [3.63, 3.8) is 0 Å². The third-order valence-corrected chi connectivity index (χ3v) is 7.30. The summed E-state index contributed by atoms with van der Waals surface area (Å²) in [7, 11) is -3.99. The SMILES string of the molecule is Cc1cccc(N2CCN(c3ccc(NS(=O)(=O)c4ccc(F)cc4)cc3C(=O)O)C[C@H]2C)c1. The first kappa shape index (κ1) is 23.6. The molecule has 1 atom stereocenters. The van der Waals surface area contributed by atoms with Crippen molar-refractivity contribution < 1.29 is 22.7 Å². The second-order valence-electron chi connectivity index (χ2n) is 8.42. The Morgan fingerprint density at radius 2 is 1.79 bits per heavy atom. The lowest BCUT2D eigenvalue weighted by Crippen LogP contribution is -2.52. The van der Waals surface area contributed by atoms with E-state index < -0.39 is 21.8 Å². The average Bonchev–Trinajstić information content (AvgIpc) is 2.79. The van der Waals surface area contributed by atoms with Crippen LogP contribution in [-0.4, -0.2) is 45.2 Å². The second-order valence-corrected chi connectivity index (χ2v) is 10.1. The van der Waals surface area contributed by atoms with Gasteiger partial charge in [-0.2, -0.15) is 0 Å². The number of sulfonamides is 1. The quantitative estimate of drug-likeness (QED) is 0.542. The highest BCUT2D eigenvalue weighted by Gasteiger charge is 2.27. The Bertz CT molecular complexity index is 1310. The van der Waals surface area contributed by atoms with Gasteiger partial charge in [0.05, 0.1) is 16.1 Å². The molecular formula is C25H26FN3O4S. The Balaban J connectivity index is 1.55. The Kier molecular flexibility index (Phi) is 6.47. The first-order chi connectivity index (χ1) is 16.1. The molecule has 0 spiro atoms. The maximum Gasteiger partial charge on any atom is 0.337 e. The number of hydrogen-bond donors (Lipinski definition) is 2. The number of carbonyl (C=O) groups is 1. The Hall–Kier alpha value is -3.59. The molecule has 1 heterocycles. The molecule has 0 bridgehead atoms. The van der Waals surface area contributed by atoms with Gasteiger partial charge in [0.1, 0.15) is 5.82 Å². The highest BCUT2D eigenvalue weighted by Crippen LogP contribution is 2.30. The Morgan fingerprint density at radius 1 is 1.06 bits per heavy atom. The van der Waals surface area contributed by atoms with E-state index in [-0.39, 0.29) is 22.2 Å². The lowest BCUT2D eigenvalue weighted by molar-refractivity contribution is 0.0697. The number of aromatic carboxylic acids is 1. The van der Waals surface area contributed by atoms with Crippen LogP contribution in [0.15, 0.2) is 71.6 Å². The van der Waals surface area contributed by atoms with Gasteiger partial charge in [-0.05, 0) is 74.0 Å². The summed E-state index contributed by atoms with van der Waals surface area (Å²) in [6, 6.07) is 17.3. The van der Waals surface area contributed by atoms with E-state index >= 15 is 0 Å². The van der Waals surface area contributed by atoms with Gasteiger partial charge in [0.25, 0.3) is 10.0 Å². The van der Waals surface area contributed by atoms with E-state index in [0.29, 0.717) is 18.8 Å². The zero-order valence-electron chi connectivity index (χ0n) is 18.9. The number of nitrogens with one attached hydrogen (secondary N) is 1. The van der Waals surface area contributed by atoms with Crippen LogP contribution in [0.1, 0.15) is 22.8 Å². The molecule has 1 saturated heterocycles. The number of rotatable bonds is 6. The molecule has 178 valence electrons. The highest BCUT2D eigenvalue weighted by molar-refractivity contribution is 7.92. The normalized spacial score (nSPS) is 16.4. The topological polar surface area (TPSA) is 90.0 Å². The smallest absolute Gasteiger partial charge is 0.337 e. The summed E-state index contributed by atoms with van der Waals surface area (Å²) in [5, 5.41) is 9.84. The molecule has 7 nitrogen and oxygen atoms in total. The number of hydrogen-bond acceptors (Lipinski definition) is 5. The average molecular weight is 484 g/mol. The molecule has 2 N–H and O–H groups in total. The monoisotopic (exact) mass is 483 g/mol. The van der Waals surface area contributed by atoms with Gasteiger partial charge in [-0.25, -0.2) is 17.6 Å². The number of nitrogens with zero attached hydrogens (tertiary/aromatic N) is 2. The van der Waals surface area contributed by atoms with Crippen LogP contribution >= 0.6 is 0 Å². The molecule has 9 heteroatoms. The fraction of sp³-hybridized carbons (Fsp3) is 0.240. The summed E-state index contributed by atoms with van der Waals surface area (Å²) in [4.78, 5) is 16.2. The molecule has 0 radical (unpaired) electrons. The third-order valence-electron chi connectivity index (χ3n) is 5.90. The van der Waals surface area contributed by atoms with Gasteiger partial charge < -0.3 is 14.9 Å². The van der Waals surface area contributed by atoms with Crippen molar-refractivity contribution in [2.24, 2.45) is 0 Å². The van der Waals surface area contributed by atoms with Crippen molar-refractivity contribution in [3.05, 3.63) is 83.7 Å². The summed E-state index contributed by atoms with van der Waals surface area (Å²) in [6.07, 6.45) is 0. The molecule has 3 aromatic carbocycles. The number of aryl methyl sites for hydroxylation is 1. The summed E-state index contributed by atoms with van der Waals surface area (Å²) in [5.41, 5.74) is 2.98. The molecule has 0 saturated carbocycles. The molecule has 1 fully saturated rings. The van der Waals surface area contributed by atoms with Crippen LogP contribution in [0.25, 0.3) is 0 Å². The lowest BCUT2D eigenvalue weighted by atomic mass is 10.1. The van der Waals surface area contributed by atoms with Gasteiger partial charge in [-0.1, -0.05) is 12.1 Å². The molecule has 0 aliphatic carbocycles. The molecule has 34 heavy (non-hydrogen) atoms. The van der Waals surface area contributed by atoms with Crippen LogP contribution < -0.4 is 14.5 Å². The van der Waals surface area contributed by atoms with Crippen molar-refractivity contribution in [1.82, 2.24) is 0 Å². The number of benzene rings is 3. The predicted octanol–water partition coefficient (Wildman–Crippen LogP) is 4.35. The van der Waals surface area contributed by atoms with Crippen LogP contribution in [-0.2, 0) is 10.0 Å². The van der Waals surface area contributed by atoms with Crippen LogP contribution in [0, 0.1) is 12.7 Å². The van der Waals surface area contributed by atoms with Gasteiger partial charge in [0.15, 0.2) is 0 Å². The fourth-order valence-electron chi connectivity index (χ4n) is 4.24. The minimum absolute atomic E-state index is 0.00973. The molecule has 0 aromatic heterocycles. The van der Waals surface area contributed by atoms with Gasteiger partial charge >= 0.3 is 5.97 Å². The number of carboxylic acid groups (broad SMARTS) is 1. The van der Waals surface area contributed by atoms with Crippen LogP contribution in [0.5, 0.6) is 0 Å². The highest BCUT2D eigenvalue weighted by atomic mass is 32.2. The molecule has 1 aliphatic heterocycles. The van der Waals surface area contributed by atoms with E-state index in [1.807, 2.05) is 11.0 Å². The summed E-state index contributed by atoms with van der Waals surface area (Å²) in [5.74, 6) is -1.69. The first-order valence-electron chi connectivity index (χ1n) is 10.9. The van der Waals surface area contributed by atoms with Crippen molar-refractivity contribution in [1.29, 1.82) is 0 Å². The Morgan fingerprint density at radius 3 is 2.44 bits per heavy atom. The van der Waals surface area contributed by atoms with E-state index in [2.05, 4.69) is 41.7 Å². The van der Waals surface area contributed by atoms with E-state index in [0.717, 1.165) is 36.5 Å². The van der Waals surface area contributed by atoms with Gasteiger partial charge in [0.2, 0.25) is 0 Å². The van der Waals surface area contributed by atoms with Gasteiger partial charge in [-0.3, -0.25) is 4.72 Å². The van der Waals surface area contributed by atoms with E-state index in [1.54, 1.807) is 12.1 Å². The van der Waals surface area contributed by atoms with E-state index in [9.17, 15) is 22.7 Å². The second kappa shape index (κ2) is 9.34. The summed E-state index contributed by atoms with van der Waals surface area (Å²) in [6.45, 7) is 6.12. The number of anilines is 3. The molecule has 1 aliphatic rings. The standard InChI is InChI=1S/C25H26FN3O4S/c1-17-4-3-5-21(14-17)29-13-12-28(16-18(29)2)24-11-8-20(15-23(24)25(30)31)27-34(32,33)22-9-6-19(26)7-10-22/h3-11,14-15,18,27H,12-13,16H2,1-2H3,(H,30,31)/t18-/m1/s1. The number of halogens is 1. The summed E-state index contributed by atoms with van der Waals surface area (Å²) < 4.78 is 40.8. The minimum Gasteiger partial charge on any atom is -0.478 e. The largest absolute Gasteiger partial charge is 0.478 e. The van der Waals surface area contributed by atoms with Crippen LogP contribution in [0.2, 0.25) is 0 Å². The van der Waals surface area contributed by atoms with E-state index in [1.165, 1.54) is 11.6 Å². The molecule has 0 unspecified atom stereocenters. The number of piperazine rings is 1. The van der Waals surface area contributed by atoms with Crippen LogP contribution in [0.4, 0.5) is 21.5 Å². The maximum absolute atomic E-state index is 13.1. The minimum atomic E-state index is -3.99. The Labute approximate surface area is 198 Å². The van der Waals surface area contributed by atoms with Gasteiger partial charge in [-0.15, -0.1) is 0 Å². The zero-order chi connectivity index (χ0) is 24.5. The fourth-order valence-corrected chi connectivity index (χ4v) is 5.29. The maximum atomic E-state index is 13.1. The third kappa shape index (κ3) is 4.99. The van der Waals surface area contributed by atoms with Crippen LogP contribution in [0.3, 0.4) is 0 Å². The van der Waals surface area contributed by atoms with Crippen molar-refractivity contribution >= 4 is 33.1 Å². The zero-order valence-corrected chi connectivity index (χ0v) is 19.7. The van der Waals surface area contributed by atoms with E-state index in [4.69, 9.17) is 0 Å². The molecule has 4 rings (SSSR count). The van der Waals surface area contributed by atoms with Gasteiger partial charge in [0, 0.05) is 37.1 Å². The molecule has 3 aromatic rings. The van der Waals surface area contributed by atoms with Crippen molar-refractivity contribution in [2.75, 3.05) is 34.2 Å². The number of carboxylic acids is 1. The summed E-state index contributed by atoms with van der Waals surface area (Å²) >= 11 is 0. The molecule has 0 amide bonds.